The molecule has 0 bridgehead atoms. The number of likely N-dealkylation sites (N-methyl/N-ethyl adjacent to an activating group) is 1. The third kappa shape index (κ3) is 4.09. The van der Waals surface area contributed by atoms with E-state index in [4.69, 9.17) is 5.11 Å². The largest absolute Gasteiger partial charge is 0.481 e. The summed E-state index contributed by atoms with van der Waals surface area (Å²) in [6.45, 7) is 0.946. The van der Waals surface area contributed by atoms with Crippen LogP contribution in [0.15, 0.2) is 0 Å². The lowest BCUT2D eigenvalue weighted by molar-refractivity contribution is -0.138. The van der Waals surface area contributed by atoms with Gasteiger partial charge in [0.1, 0.15) is 0 Å². The molecular formula is C15H26N2O4. The van der Waals surface area contributed by atoms with Gasteiger partial charge < -0.3 is 20.0 Å². The number of carboxylic acids is 1. The number of hydrogen-bond acceptors (Lipinski definition) is 3. The van der Waals surface area contributed by atoms with Crippen molar-refractivity contribution in [3.63, 3.8) is 0 Å². The van der Waals surface area contributed by atoms with Gasteiger partial charge in [0.15, 0.2) is 0 Å². The molecule has 21 heavy (non-hydrogen) atoms. The van der Waals surface area contributed by atoms with Crippen LogP contribution in [-0.2, 0) is 4.79 Å². The van der Waals surface area contributed by atoms with Gasteiger partial charge in [-0.3, -0.25) is 4.79 Å². The van der Waals surface area contributed by atoms with Gasteiger partial charge in [0, 0.05) is 19.6 Å². The monoisotopic (exact) mass is 298 g/mol. The van der Waals surface area contributed by atoms with Crippen LogP contribution in [0.2, 0.25) is 0 Å². The number of amides is 2. The highest BCUT2D eigenvalue weighted by Gasteiger charge is 2.36. The maximum atomic E-state index is 12.6. The van der Waals surface area contributed by atoms with Crippen molar-refractivity contribution in [3.8, 4) is 0 Å². The third-order valence-corrected chi connectivity index (χ3v) is 4.68. The van der Waals surface area contributed by atoms with Gasteiger partial charge in [0.25, 0.3) is 0 Å². The van der Waals surface area contributed by atoms with Crippen LogP contribution in [0, 0.1) is 0 Å². The Morgan fingerprint density at radius 1 is 1.24 bits per heavy atom. The minimum atomic E-state index is -0.864. The second kappa shape index (κ2) is 6.64. The number of piperidine rings is 1. The van der Waals surface area contributed by atoms with E-state index in [9.17, 15) is 14.7 Å². The number of carbonyl (C=O) groups excluding carboxylic acids is 1. The highest BCUT2D eigenvalue weighted by molar-refractivity contribution is 5.76. The van der Waals surface area contributed by atoms with Crippen LogP contribution < -0.4 is 0 Å². The maximum absolute atomic E-state index is 12.6. The van der Waals surface area contributed by atoms with E-state index in [1.807, 2.05) is 0 Å². The van der Waals surface area contributed by atoms with Crippen molar-refractivity contribution in [1.82, 2.24) is 9.80 Å². The van der Waals surface area contributed by atoms with E-state index in [0.29, 0.717) is 13.1 Å². The Hall–Kier alpha value is -1.30. The molecule has 1 aliphatic carbocycles. The first-order valence-electron chi connectivity index (χ1n) is 7.87. The van der Waals surface area contributed by atoms with E-state index in [-0.39, 0.29) is 18.5 Å². The minimum absolute atomic E-state index is 0.00382. The van der Waals surface area contributed by atoms with Crippen LogP contribution in [0.5, 0.6) is 0 Å². The van der Waals surface area contributed by atoms with E-state index in [2.05, 4.69) is 0 Å². The van der Waals surface area contributed by atoms with Crippen molar-refractivity contribution >= 4 is 12.0 Å². The van der Waals surface area contributed by atoms with Gasteiger partial charge in [0.2, 0.25) is 0 Å². The quantitative estimate of drug-likeness (QED) is 0.827. The summed E-state index contributed by atoms with van der Waals surface area (Å²) in [5, 5.41) is 19.4. The normalized spacial score (nSPS) is 24.9. The number of likely N-dealkylation sites (tertiary alicyclic amines) is 1. The van der Waals surface area contributed by atoms with Crippen LogP contribution >= 0.6 is 0 Å². The zero-order valence-electron chi connectivity index (χ0n) is 12.8. The van der Waals surface area contributed by atoms with E-state index < -0.39 is 11.6 Å². The average molecular weight is 298 g/mol. The molecule has 0 aromatic heterocycles. The first-order chi connectivity index (χ1) is 9.91. The molecule has 1 heterocycles. The van der Waals surface area contributed by atoms with Gasteiger partial charge in [-0.15, -0.1) is 0 Å². The highest BCUT2D eigenvalue weighted by atomic mass is 16.4. The summed E-state index contributed by atoms with van der Waals surface area (Å²) in [5.41, 5.74) is -0.761. The topological polar surface area (TPSA) is 81.1 Å². The fourth-order valence-corrected chi connectivity index (χ4v) is 3.59. The second-order valence-corrected chi connectivity index (χ2v) is 6.51. The standard InChI is InChI=1S/C15H26N2O4/c1-16(11-15(21)7-3-4-8-15)14(20)17-9-5-2-6-12(17)10-13(18)19/h12,21H,2-11H2,1H3,(H,18,19). The summed E-state index contributed by atoms with van der Waals surface area (Å²) in [4.78, 5) is 26.7. The number of hydrogen-bond donors (Lipinski definition) is 2. The van der Waals surface area contributed by atoms with Crippen molar-refractivity contribution < 1.29 is 19.8 Å². The van der Waals surface area contributed by atoms with E-state index in [1.165, 1.54) is 0 Å². The van der Waals surface area contributed by atoms with E-state index in [0.717, 1.165) is 44.9 Å². The number of carbonyl (C=O) groups is 2. The third-order valence-electron chi connectivity index (χ3n) is 4.68. The van der Waals surface area contributed by atoms with Crippen LogP contribution in [-0.4, -0.2) is 63.8 Å². The molecule has 1 saturated carbocycles. The summed E-state index contributed by atoms with van der Waals surface area (Å²) in [6.07, 6.45) is 6.12. The van der Waals surface area contributed by atoms with Gasteiger partial charge in [-0.1, -0.05) is 12.8 Å². The molecule has 1 aliphatic heterocycles. The van der Waals surface area contributed by atoms with Crippen molar-refractivity contribution in [2.24, 2.45) is 0 Å². The number of rotatable bonds is 4. The Morgan fingerprint density at radius 3 is 2.52 bits per heavy atom. The van der Waals surface area contributed by atoms with Crippen LogP contribution in [0.1, 0.15) is 51.4 Å². The minimum Gasteiger partial charge on any atom is -0.481 e. The van der Waals surface area contributed by atoms with Crippen LogP contribution in [0.3, 0.4) is 0 Å². The van der Waals surface area contributed by atoms with Gasteiger partial charge >= 0.3 is 12.0 Å². The molecule has 2 rings (SSSR count). The molecule has 1 atom stereocenters. The molecule has 0 aromatic rings. The second-order valence-electron chi connectivity index (χ2n) is 6.51. The summed E-state index contributed by atoms with van der Waals surface area (Å²) >= 11 is 0. The lowest BCUT2D eigenvalue weighted by Crippen LogP contribution is -2.52. The molecule has 1 saturated heterocycles. The molecule has 120 valence electrons. The molecule has 1 unspecified atom stereocenters. The Bertz CT molecular complexity index is 393. The van der Waals surface area contributed by atoms with Crippen molar-refractivity contribution in [2.75, 3.05) is 20.1 Å². The summed E-state index contributed by atoms with van der Waals surface area (Å²) < 4.78 is 0. The lowest BCUT2D eigenvalue weighted by atomic mass is 9.99. The van der Waals surface area contributed by atoms with Gasteiger partial charge in [0.05, 0.1) is 18.6 Å². The first-order valence-corrected chi connectivity index (χ1v) is 7.87. The molecular weight excluding hydrogens is 272 g/mol. The average Bonchev–Trinajstić information content (AvgIpc) is 2.84. The van der Waals surface area contributed by atoms with Crippen LogP contribution in [0.25, 0.3) is 0 Å². The smallest absolute Gasteiger partial charge is 0.320 e. The maximum Gasteiger partial charge on any atom is 0.320 e. The SMILES string of the molecule is CN(CC1(O)CCCC1)C(=O)N1CCCCC1CC(=O)O. The van der Waals surface area contributed by atoms with Crippen molar-refractivity contribution in [2.45, 2.75) is 63.0 Å². The summed E-state index contributed by atoms with van der Waals surface area (Å²) in [6, 6.07) is -0.370. The number of aliphatic carboxylic acids is 1. The number of aliphatic hydroxyl groups is 1. The zero-order valence-corrected chi connectivity index (χ0v) is 12.8. The molecule has 6 nitrogen and oxygen atoms in total. The van der Waals surface area contributed by atoms with E-state index >= 15 is 0 Å². The Kier molecular flexibility index (Phi) is 5.08. The molecule has 2 N–H and O–H groups in total. The fourth-order valence-electron chi connectivity index (χ4n) is 3.59. The fraction of sp³-hybridized carbons (Fsp3) is 0.867. The predicted molar refractivity (Wildman–Crippen MR) is 78.0 cm³/mol. The molecule has 0 spiro atoms. The van der Waals surface area contributed by atoms with Gasteiger partial charge in [-0.2, -0.15) is 0 Å². The van der Waals surface area contributed by atoms with E-state index in [1.54, 1.807) is 16.8 Å². The van der Waals surface area contributed by atoms with Gasteiger partial charge in [-0.05, 0) is 32.1 Å². The van der Waals surface area contributed by atoms with Gasteiger partial charge in [-0.25, -0.2) is 4.79 Å². The Morgan fingerprint density at radius 2 is 1.90 bits per heavy atom. The molecule has 0 aromatic carbocycles. The lowest BCUT2D eigenvalue weighted by Gasteiger charge is -2.39. The highest BCUT2D eigenvalue weighted by Crippen LogP contribution is 2.30. The number of nitrogens with zero attached hydrogens (tertiary/aromatic N) is 2. The molecule has 2 fully saturated rings. The van der Waals surface area contributed by atoms with Crippen LogP contribution in [0.4, 0.5) is 4.79 Å². The predicted octanol–water partition coefficient (Wildman–Crippen LogP) is 1.67. The molecule has 2 amide bonds. The number of urea groups is 1. The first kappa shape index (κ1) is 16.1. The number of carboxylic acid groups (broad SMARTS) is 1. The Balaban J connectivity index is 1.97. The van der Waals surface area contributed by atoms with Crippen molar-refractivity contribution in [3.05, 3.63) is 0 Å². The zero-order chi connectivity index (χ0) is 15.5. The molecule has 2 aliphatic rings. The summed E-state index contributed by atoms with van der Waals surface area (Å²) in [5.74, 6) is -0.864. The Labute approximate surface area is 125 Å². The molecule has 0 radical (unpaired) electrons. The molecule has 6 heteroatoms. The summed E-state index contributed by atoms with van der Waals surface area (Å²) in [7, 11) is 1.70. The van der Waals surface area contributed by atoms with Crippen molar-refractivity contribution in [1.29, 1.82) is 0 Å².